The molecule has 2 fully saturated rings. The third kappa shape index (κ3) is 0.970. The van der Waals surface area contributed by atoms with E-state index < -0.39 is 0 Å². The number of piperazine rings is 1. The summed E-state index contributed by atoms with van der Waals surface area (Å²) in [6, 6.07) is 1.61. The zero-order valence-corrected chi connectivity index (χ0v) is 5.69. The van der Waals surface area contributed by atoms with Gasteiger partial charge in [-0.25, -0.2) is 0 Å². The molecule has 0 radical (unpaired) electrons. The second-order valence-electron chi connectivity index (χ2n) is 3.05. The summed E-state index contributed by atoms with van der Waals surface area (Å²) in [5, 5.41) is 7.04. The zero-order chi connectivity index (χ0) is 6.10. The highest BCUT2D eigenvalue weighted by Gasteiger charge is 2.28. The first-order valence-corrected chi connectivity index (χ1v) is 3.93. The Morgan fingerprint density at radius 2 is 1.44 bits per heavy atom. The van der Waals surface area contributed by atoms with Crippen LogP contribution in [0.3, 0.4) is 0 Å². The van der Waals surface area contributed by atoms with Crippen molar-refractivity contribution in [3.8, 4) is 0 Å². The lowest BCUT2D eigenvalue weighted by atomic mass is 10.1. The van der Waals surface area contributed by atoms with Crippen molar-refractivity contribution >= 4 is 0 Å². The van der Waals surface area contributed by atoms with Crippen molar-refractivity contribution in [3.63, 3.8) is 0 Å². The molecule has 2 aliphatic rings. The average Bonchev–Trinajstić information content (AvgIpc) is 2.33. The van der Waals surface area contributed by atoms with Gasteiger partial charge < -0.3 is 10.6 Å². The summed E-state index contributed by atoms with van der Waals surface area (Å²) in [7, 11) is 0. The van der Waals surface area contributed by atoms with Crippen molar-refractivity contribution < 1.29 is 0 Å². The number of rotatable bonds is 0. The maximum atomic E-state index is 3.52. The van der Waals surface area contributed by atoms with Crippen LogP contribution in [0.4, 0.5) is 0 Å². The van der Waals surface area contributed by atoms with E-state index in [-0.39, 0.29) is 0 Å². The second-order valence-corrected chi connectivity index (χ2v) is 3.05. The monoisotopic (exact) mass is 126 g/mol. The van der Waals surface area contributed by atoms with Crippen molar-refractivity contribution in [1.82, 2.24) is 10.6 Å². The third-order valence-electron chi connectivity index (χ3n) is 2.45. The van der Waals surface area contributed by atoms with E-state index in [1.54, 1.807) is 0 Å². The normalized spacial score (nSPS) is 42.7. The average molecular weight is 126 g/mol. The Kier molecular flexibility index (Phi) is 1.44. The van der Waals surface area contributed by atoms with Crippen LogP contribution >= 0.6 is 0 Å². The smallest absolute Gasteiger partial charge is 0.0221 e. The lowest BCUT2D eigenvalue weighted by Crippen LogP contribution is -2.52. The third-order valence-corrected chi connectivity index (χ3v) is 2.45. The minimum absolute atomic E-state index is 0.804. The minimum Gasteiger partial charge on any atom is -0.311 e. The van der Waals surface area contributed by atoms with E-state index in [0.717, 1.165) is 12.1 Å². The molecule has 0 aromatic carbocycles. The molecule has 2 heteroatoms. The predicted molar refractivity (Wildman–Crippen MR) is 37.4 cm³/mol. The fourth-order valence-electron chi connectivity index (χ4n) is 1.96. The van der Waals surface area contributed by atoms with Gasteiger partial charge in [-0.15, -0.1) is 0 Å². The Hall–Kier alpha value is -0.0800. The van der Waals surface area contributed by atoms with E-state index in [1.807, 2.05) is 0 Å². The summed E-state index contributed by atoms with van der Waals surface area (Å²) < 4.78 is 0. The van der Waals surface area contributed by atoms with Crippen LogP contribution < -0.4 is 10.6 Å². The van der Waals surface area contributed by atoms with Crippen molar-refractivity contribution in [3.05, 3.63) is 0 Å². The van der Waals surface area contributed by atoms with E-state index in [4.69, 9.17) is 0 Å². The van der Waals surface area contributed by atoms with Crippen LogP contribution in [0.25, 0.3) is 0 Å². The Morgan fingerprint density at radius 3 is 2.00 bits per heavy atom. The standard InChI is InChI=1S/C7H14N2/c1-2-6-7(3-1)9-5-4-8-6/h6-9H,1-5H2. The molecule has 0 aromatic rings. The van der Waals surface area contributed by atoms with Gasteiger partial charge in [0.1, 0.15) is 0 Å². The second kappa shape index (κ2) is 2.27. The van der Waals surface area contributed by atoms with Crippen LogP contribution in [0.15, 0.2) is 0 Å². The largest absolute Gasteiger partial charge is 0.311 e. The van der Waals surface area contributed by atoms with Gasteiger partial charge in [0, 0.05) is 25.2 Å². The van der Waals surface area contributed by atoms with Gasteiger partial charge in [0.15, 0.2) is 0 Å². The minimum atomic E-state index is 0.804. The van der Waals surface area contributed by atoms with E-state index in [1.165, 1.54) is 32.4 Å². The highest BCUT2D eigenvalue weighted by Crippen LogP contribution is 2.19. The molecule has 1 saturated heterocycles. The number of hydrogen-bond donors (Lipinski definition) is 2. The number of hydrogen-bond acceptors (Lipinski definition) is 2. The van der Waals surface area contributed by atoms with E-state index >= 15 is 0 Å². The van der Waals surface area contributed by atoms with Gasteiger partial charge in [-0.05, 0) is 12.8 Å². The molecule has 52 valence electrons. The van der Waals surface area contributed by atoms with Crippen molar-refractivity contribution in [2.24, 2.45) is 0 Å². The molecule has 1 saturated carbocycles. The first-order valence-electron chi connectivity index (χ1n) is 3.93. The summed E-state index contributed by atoms with van der Waals surface area (Å²) in [6.07, 6.45) is 4.19. The molecule has 1 aliphatic carbocycles. The fourth-order valence-corrected chi connectivity index (χ4v) is 1.96. The summed E-state index contributed by atoms with van der Waals surface area (Å²) in [4.78, 5) is 0. The number of nitrogens with one attached hydrogen (secondary N) is 2. The zero-order valence-electron chi connectivity index (χ0n) is 5.69. The van der Waals surface area contributed by atoms with Crippen LogP contribution in [-0.2, 0) is 0 Å². The number of fused-ring (bicyclic) bond motifs is 1. The molecule has 1 aliphatic heterocycles. The molecule has 2 rings (SSSR count). The van der Waals surface area contributed by atoms with Gasteiger partial charge in [-0.3, -0.25) is 0 Å². The van der Waals surface area contributed by atoms with Crippen LogP contribution in [0.5, 0.6) is 0 Å². The van der Waals surface area contributed by atoms with Crippen LogP contribution in [0.2, 0.25) is 0 Å². The summed E-state index contributed by atoms with van der Waals surface area (Å²) in [5.41, 5.74) is 0. The predicted octanol–water partition coefficient (Wildman–Crippen LogP) is 0.100. The molecule has 0 bridgehead atoms. The maximum Gasteiger partial charge on any atom is 0.0221 e. The lowest BCUT2D eigenvalue weighted by molar-refractivity contribution is 0.358. The molecule has 1 heterocycles. The Bertz CT molecular complexity index is 91.1. The van der Waals surface area contributed by atoms with Gasteiger partial charge >= 0.3 is 0 Å². The molecular formula is C7H14N2. The highest BCUT2D eigenvalue weighted by molar-refractivity contribution is 4.91. The lowest BCUT2D eigenvalue weighted by Gasteiger charge is -2.27. The first-order chi connectivity index (χ1) is 4.47. The van der Waals surface area contributed by atoms with E-state index in [2.05, 4.69) is 10.6 Å². The Balaban J connectivity index is 1.97. The highest BCUT2D eigenvalue weighted by atomic mass is 15.1. The maximum absolute atomic E-state index is 3.52. The fraction of sp³-hybridized carbons (Fsp3) is 1.00. The van der Waals surface area contributed by atoms with Crippen molar-refractivity contribution in [1.29, 1.82) is 0 Å². The van der Waals surface area contributed by atoms with E-state index in [0.29, 0.717) is 0 Å². The van der Waals surface area contributed by atoms with Crippen molar-refractivity contribution in [2.75, 3.05) is 13.1 Å². The van der Waals surface area contributed by atoms with Crippen LogP contribution in [0, 0.1) is 0 Å². The topological polar surface area (TPSA) is 24.1 Å². The van der Waals surface area contributed by atoms with E-state index in [9.17, 15) is 0 Å². The SMILES string of the molecule is C1CC2NCCNC2C1. The quantitative estimate of drug-likeness (QED) is 0.481. The van der Waals surface area contributed by atoms with Crippen LogP contribution in [0.1, 0.15) is 19.3 Å². The van der Waals surface area contributed by atoms with Gasteiger partial charge in [-0.1, -0.05) is 6.42 Å². The Labute approximate surface area is 56.0 Å². The molecule has 0 spiro atoms. The van der Waals surface area contributed by atoms with Crippen LogP contribution in [-0.4, -0.2) is 25.2 Å². The van der Waals surface area contributed by atoms with Gasteiger partial charge in [0.25, 0.3) is 0 Å². The summed E-state index contributed by atoms with van der Waals surface area (Å²) >= 11 is 0. The molecule has 2 unspecified atom stereocenters. The first kappa shape index (κ1) is 5.69. The van der Waals surface area contributed by atoms with Gasteiger partial charge in [0.2, 0.25) is 0 Å². The van der Waals surface area contributed by atoms with Crippen molar-refractivity contribution in [2.45, 2.75) is 31.3 Å². The molecule has 2 atom stereocenters. The summed E-state index contributed by atoms with van der Waals surface area (Å²) in [5.74, 6) is 0. The molecule has 0 aromatic heterocycles. The molecular weight excluding hydrogens is 112 g/mol. The van der Waals surface area contributed by atoms with Gasteiger partial charge in [0.05, 0.1) is 0 Å². The summed E-state index contributed by atoms with van der Waals surface area (Å²) in [6.45, 7) is 2.34. The molecule has 2 N–H and O–H groups in total. The van der Waals surface area contributed by atoms with Gasteiger partial charge in [-0.2, -0.15) is 0 Å². The molecule has 0 amide bonds. The molecule has 9 heavy (non-hydrogen) atoms. The Morgan fingerprint density at radius 1 is 0.889 bits per heavy atom. The molecule has 2 nitrogen and oxygen atoms in total.